The first-order chi connectivity index (χ1) is 15.7. The Balaban J connectivity index is 1.68. The smallest absolute Gasteiger partial charge is 0.197 e. The van der Waals surface area contributed by atoms with Crippen LogP contribution < -0.4 is 10.9 Å². The third-order valence-corrected chi connectivity index (χ3v) is 6.20. The van der Waals surface area contributed by atoms with Crippen LogP contribution in [0.1, 0.15) is 0 Å². The number of fused-ring (bicyclic) bond motifs is 8. The summed E-state index contributed by atoms with van der Waals surface area (Å²) >= 11 is 0. The summed E-state index contributed by atoms with van der Waals surface area (Å²) < 4.78 is 0. The zero-order chi connectivity index (χ0) is 21.4. The van der Waals surface area contributed by atoms with E-state index in [9.17, 15) is 9.59 Å². The van der Waals surface area contributed by atoms with Crippen LogP contribution in [0.25, 0.3) is 65.4 Å². The Kier molecular flexibility index (Phi) is 3.20. The minimum absolute atomic E-state index is 0.0970. The van der Waals surface area contributed by atoms with Gasteiger partial charge >= 0.3 is 0 Å². The van der Waals surface area contributed by atoms with Crippen LogP contribution in [0.15, 0.2) is 82.6 Å². The first kappa shape index (κ1) is 17.1. The fraction of sp³-hybridized carbons (Fsp3) is 0. The maximum absolute atomic E-state index is 13.4. The molecule has 0 bridgehead atoms. The summed E-state index contributed by atoms with van der Waals surface area (Å²) in [6.45, 7) is 0. The molecule has 0 aliphatic rings. The summed E-state index contributed by atoms with van der Waals surface area (Å²) in [4.78, 5) is 42.4. The van der Waals surface area contributed by atoms with Gasteiger partial charge in [-0.15, -0.1) is 0 Å². The highest BCUT2D eigenvalue weighted by Crippen LogP contribution is 2.26. The van der Waals surface area contributed by atoms with Crippen LogP contribution in [-0.4, -0.2) is 19.9 Å². The van der Waals surface area contributed by atoms with Crippen molar-refractivity contribution in [3.05, 3.63) is 93.5 Å². The van der Waals surface area contributed by atoms with Crippen molar-refractivity contribution in [3.63, 3.8) is 0 Å². The van der Waals surface area contributed by atoms with Crippen molar-refractivity contribution >= 4 is 65.4 Å². The van der Waals surface area contributed by atoms with Crippen LogP contribution >= 0.6 is 0 Å². The number of H-pyrrole nitrogens is 2. The highest BCUT2D eigenvalue weighted by atomic mass is 16.1. The van der Waals surface area contributed by atoms with Crippen molar-refractivity contribution in [2.75, 3.05) is 0 Å². The molecule has 0 saturated carbocycles. The minimum Gasteiger partial charge on any atom is -0.353 e. The van der Waals surface area contributed by atoms with Crippen molar-refractivity contribution in [1.29, 1.82) is 0 Å². The molecule has 0 unspecified atom stereocenters. The molecule has 4 heterocycles. The van der Waals surface area contributed by atoms with E-state index in [0.29, 0.717) is 43.6 Å². The van der Waals surface area contributed by atoms with E-state index in [-0.39, 0.29) is 10.9 Å². The number of nitrogens with one attached hydrogen (secondary N) is 2. The van der Waals surface area contributed by atoms with E-state index >= 15 is 0 Å². The molecule has 0 radical (unpaired) electrons. The Bertz CT molecular complexity index is 1890. The monoisotopic (exact) mass is 414 g/mol. The number of hydrogen-bond donors (Lipinski definition) is 2. The molecular weight excluding hydrogens is 400 g/mol. The molecule has 0 aliphatic carbocycles. The number of aromatic nitrogens is 4. The third kappa shape index (κ3) is 2.18. The Hall–Kier alpha value is -4.58. The van der Waals surface area contributed by atoms with Gasteiger partial charge in [-0.1, -0.05) is 24.3 Å². The molecule has 3 aromatic carbocycles. The molecule has 7 aromatic rings. The van der Waals surface area contributed by atoms with Crippen LogP contribution in [-0.2, 0) is 0 Å². The number of rotatable bonds is 0. The first-order valence-electron chi connectivity index (χ1n) is 10.3. The Morgan fingerprint density at radius 2 is 1.03 bits per heavy atom. The van der Waals surface area contributed by atoms with E-state index < -0.39 is 0 Å². The first-order valence-corrected chi connectivity index (χ1v) is 10.3. The average Bonchev–Trinajstić information content (AvgIpc) is 2.83. The molecule has 150 valence electrons. The zero-order valence-electron chi connectivity index (χ0n) is 16.6. The van der Waals surface area contributed by atoms with Gasteiger partial charge < -0.3 is 9.97 Å². The SMILES string of the molecule is O=c1c2cc3[nH]c4c(ccc5cccnc54)c(=O)c3cc2[nH]c2c1ccc1cccnc12. The Morgan fingerprint density at radius 1 is 0.562 bits per heavy atom. The molecule has 0 aliphatic heterocycles. The highest BCUT2D eigenvalue weighted by molar-refractivity contribution is 6.10. The van der Waals surface area contributed by atoms with E-state index in [0.717, 1.165) is 21.8 Å². The predicted octanol–water partition coefficient (Wildman–Crippen LogP) is 4.77. The Labute approximate surface area is 179 Å². The summed E-state index contributed by atoms with van der Waals surface area (Å²) in [6, 6.07) is 18.6. The summed E-state index contributed by atoms with van der Waals surface area (Å²) in [5.74, 6) is 0. The summed E-state index contributed by atoms with van der Waals surface area (Å²) in [7, 11) is 0. The van der Waals surface area contributed by atoms with Crippen LogP contribution in [0.2, 0.25) is 0 Å². The van der Waals surface area contributed by atoms with Crippen molar-refractivity contribution in [2.24, 2.45) is 0 Å². The van der Waals surface area contributed by atoms with E-state index in [4.69, 9.17) is 0 Å². The second-order valence-corrected chi connectivity index (χ2v) is 7.98. The fourth-order valence-electron chi connectivity index (χ4n) is 4.66. The molecule has 4 aromatic heterocycles. The van der Waals surface area contributed by atoms with Crippen LogP contribution in [0.4, 0.5) is 0 Å². The fourth-order valence-corrected chi connectivity index (χ4v) is 4.66. The van der Waals surface area contributed by atoms with E-state index in [1.165, 1.54) is 0 Å². The van der Waals surface area contributed by atoms with Crippen LogP contribution in [0.3, 0.4) is 0 Å². The van der Waals surface area contributed by atoms with E-state index in [2.05, 4.69) is 19.9 Å². The quantitative estimate of drug-likeness (QED) is 0.276. The molecule has 0 fully saturated rings. The molecule has 7 rings (SSSR count). The topological polar surface area (TPSA) is 91.5 Å². The molecule has 0 atom stereocenters. The number of nitrogens with zero attached hydrogens (tertiary/aromatic N) is 2. The van der Waals surface area contributed by atoms with Gasteiger partial charge in [0.05, 0.1) is 33.1 Å². The van der Waals surface area contributed by atoms with Crippen molar-refractivity contribution < 1.29 is 0 Å². The summed E-state index contributed by atoms with van der Waals surface area (Å²) in [5.41, 5.74) is 3.83. The van der Waals surface area contributed by atoms with Crippen molar-refractivity contribution in [2.45, 2.75) is 0 Å². The molecule has 6 nitrogen and oxygen atoms in total. The number of benzene rings is 3. The van der Waals surface area contributed by atoms with E-state index in [1.807, 2.05) is 48.5 Å². The largest absolute Gasteiger partial charge is 0.353 e. The van der Waals surface area contributed by atoms with Gasteiger partial charge in [-0.3, -0.25) is 19.6 Å². The molecule has 0 saturated heterocycles. The standard InChI is InChI=1S/C26H14N4O2/c31-25-15-7-5-13-3-1-9-27-21(13)23(15)29-19-11-18-20(12-17(19)25)30-24-16(26(18)32)8-6-14-4-2-10-28-22(14)24/h1-12H,(H,29,31)(H,30,32). The van der Waals surface area contributed by atoms with Crippen molar-refractivity contribution in [1.82, 2.24) is 19.9 Å². The molecule has 6 heteroatoms. The van der Waals surface area contributed by atoms with Crippen LogP contribution in [0, 0.1) is 0 Å². The predicted molar refractivity (Wildman–Crippen MR) is 128 cm³/mol. The lowest BCUT2D eigenvalue weighted by Gasteiger charge is -2.09. The van der Waals surface area contributed by atoms with Gasteiger partial charge in [0.2, 0.25) is 0 Å². The normalized spacial score (nSPS) is 12.0. The number of aromatic amines is 2. The van der Waals surface area contributed by atoms with Gasteiger partial charge in [0.1, 0.15) is 0 Å². The molecule has 0 amide bonds. The van der Waals surface area contributed by atoms with Crippen LogP contribution in [0.5, 0.6) is 0 Å². The number of pyridine rings is 4. The second-order valence-electron chi connectivity index (χ2n) is 7.98. The van der Waals surface area contributed by atoms with Gasteiger partial charge in [-0.25, -0.2) is 0 Å². The number of hydrogen-bond acceptors (Lipinski definition) is 4. The van der Waals surface area contributed by atoms with Gasteiger partial charge in [-0.2, -0.15) is 0 Å². The lowest BCUT2D eigenvalue weighted by atomic mass is 10.0. The lowest BCUT2D eigenvalue weighted by molar-refractivity contribution is 1.39. The molecule has 32 heavy (non-hydrogen) atoms. The van der Waals surface area contributed by atoms with E-state index in [1.54, 1.807) is 24.5 Å². The second kappa shape index (κ2) is 5.98. The van der Waals surface area contributed by atoms with Gasteiger partial charge in [0.25, 0.3) is 0 Å². The third-order valence-electron chi connectivity index (χ3n) is 6.20. The maximum Gasteiger partial charge on any atom is 0.197 e. The molecule has 0 spiro atoms. The van der Waals surface area contributed by atoms with Gasteiger partial charge in [0, 0.05) is 44.7 Å². The summed E-state index contributed by atoms with van der Waals surface area (Å²) in [5, 5.41) is 4.06. The Morgan fingerprint density at radius 3 is 1.50 bits per heavy atom. The maximum atomic E-state index is 13.4. The van der Waals surface area contributed by atoms with Crippen molar-refractivity contribution in [3.8, 4) is 0 Å². The minimum atomic E-state index is -0.0970. The molecule has 2 N–H and O–H groups in total. The highest BCUT2D eigenvalue weighted by Gasteiger charge is 2.14. The summed E-state index contributed by atoms with van der Waals surface area (Å²) in [6.07, 6.45) is 3.42. The van der Waals surface area contributed by atoms with Gasteiger partial charge in [0.15, 0.2) is 10.9 Å². The zero-order valence-corrected chi connectivity index (χ0v) is 16.6. The average molecular weight is 414 g/mol. The molecular formula is C26H14N4O2. The van der Waals surface area contributed by atoms with Gasteiger partial charge in [-0.05, 0) is 36.4 Å². The lowest BCUT2D eigenvalue weighted by Crippen LogP contribution is -2.08.